The molecule has 202 valence electrons. The molecule has 1 fully saturated rings. The zero-order valence-electron chi connectivity index (χ0n) is 20.9. The Morgan fingerprint density at radius 1 is 0.921 bits per heavy atom. The third-order valence-electron chi connectivity index (χ3n) is 6.97. The van der Waals surface area contributed by atoms with Crippen molar-refractivity contribution in [2.75, 3.05) is 29.4 Å². The van der Waals surface area contributed by atoms with Gasteiger partial charge in [0, 0.05) is 36.3 Å². The highest BCUT2D eigenvalue weighted by Gasteiger charge is 2.37. The molecule has 1 saturated carbocycles. The van der Waals surface area contributed by atoms with Crippen LogP contribution in [0.1, 0.15) is 49.3 Å². The summed E-state index contributed by atoms with van der Waals surface area (Å²) in [5.74, 6) is 1.12. The standard InChI is InChI=1S/C28H28F6N4/c1-2-37(17-19-7-3-4-8-19)26-21(13-20-9-5-6-10-25(20)36-26)18-38(12-11-35)24-15-22(27(29,30)31)14-23(16-24)28(32,33)34/h5-6,9-10,13-16,19H,2-4,7-8,12,17-18H2,1H3. The lowest BCUT2D eigenvalue weighted by Crippen LogP contribution is -2.32. The third kappa shape index (κ3) is 6.32. The van der Waals surface area contributed by atoms with Gasteiger partial charge in [-0.2, -0.15) is 31.6 Å². The fourth-order valence-electron chi connectivity index (χ4n) is 5.06. The van der Waals surface area contributed by atoms with E-state index in [1.807, 2.05) is 43.3 Å². The van der Waals surface area contributed by atoms with Crippen LogP contribution < -0.4 is 9.80 Å². The molecule has 0 radical (unpaired) electrons. The maximum atomic E-state index is 13.5. The Hall–Kier alpha value is -3.48. The number of pyridine rings is 1. The molecule has 3 aromatic rings. The van der Waals surface area contributed by atoms with Gasteiger partial charge in [0.1, 0.15) is 12.4 Å². The lowest BCUT2D eigenvalue weighted by atomic mass is 10.1. The summed E-state index contributed by atoms with van der Waals surface area (Å²) in [5.41, 5.74) is -1.80. The van der Waals surface area contributed by atoms with Crippen LogP contribution in [-0.2, 0) is 18.9 Å². The second-order valence-corrected chi connectivity index (χ2v) is 9.63. The minimum absolute atomic E-state index is 0.0828. The number of hydrogen-bond donors (Lipinski definition) is 0. The van der Waals surface area contributed by atoms with Crippen molar-refractivity contribution in [3.05, 3.63) is 65.2 Å². The van der Waals surface area contributed by atoms with Gasteiger partial charge >= 0.3 is 12.4 Å². The highest BCUT2D eigenvalue weighted by Crippen LogP contribution is 2.39. The number of hydrogen-bond acceptors (Lipinski definition) is 4. The summed E-state index contributed by atoms with van der Waals surface area (Å²) < 4.78 is 81.2. The monoisotopic (exact) mass is 534 g/mol. The van der Waals surface area contributed by atoms with E-state index in [4.69, 9.17) is 4.98 Å². The Bertz CT molecular complexity index is 1270. The molecular formula is C28H28F6N4. The van der Waals surface area contributed by atoms with Crippen molar-refractivity contribution in [2.45, 2.75) is 51.5 Å². The Labute approximate surface area is 217 Å². The summed E-state index contributed by atoms with van der Waals surface area (Å²) in [4.78, 5) is 8.23. The van der Waals surface area contributed by atoms with Gasteiger partial charge < -0.3 is 9.80 Å². The van der Waals surface area contributed by atoms with Crippen molar-refractivity contribution < 1.29 is 26.3 Å². The van der Waals surface area contributed by atoms with E-state index in [9.17, 15) is 31.6 Å². The van der Waals surface area contributed by atoms with Crippen LogP contribution in [0.15, 0.2) is 48.5 Å². The summed E-state index contributed by atoms with van der Waals surface area (Å²) in [6, 6.07) is 12.6. The van der Waals surface area contributed by atoms with Gasteiger partial charge in [-0.3, -0.25) is 0 Å². The van der Waals surface area contributed by atoms with Crippen LogP contribution in [0, 0.1) is 17.2 Å². The van der Waals surface area contributed by atoms with Crippen molar-refractivity contribution in [2.24, 2.45) is 5.92 Å². The molecule has 4 nitrogen and oxygen atoms in total. The van der Waals surface area contributed by atoms with Crippen LogP contribution in [0.5, 0.6) is 0 Å². The first-order chi connectivity index (χ1) is 18.0. The molecule has 0 amide bonds. The van der Waals surface area contributed by atoms with Gasteiger partial charge in [0.05, 0.1) is 22.7 Å². The zero-order valence-corrected chi connectivity index (χ0v) is 20.9. The predicted molar refractivity (Wildman–Crippen MR) is 135 cm³/mol. The van der Waals surface area contributed by atoms with E-state index < -0.39 is 30.0 Å². The lowest BCUT2D eigenvalue weighted by Gasteiger charge is -2.30. The fourth-order valence-corrected chi connectivity index (χ4v) is 5.06. The normalized spacial score (nSPS) is 14.6. The molecule has 1 aromatic heterocycles. The number of nitrogens with zero attached hydrogens (tertiary/aromatic N) is 4. The minimum Gasteiger partial charge on any atom is -0.356 e. The molecule has 0 spiro atoms. The van der Waals surface area contributed by atoms with Gasteiger partial charge in [-0.25, -0.2) is 4.98 Å². The number of anilines is 2. The van der Waals surface area contributed by atoms with Gasteiger partial charge in [0.25, 0.3) is 0 Å². The average molecular weight is 535 g/mol. The lowest BCUT2D eigenvalue weighted by molar-refractivity contribution is -0.143. The maximum Gasteiger partial charge on any atom is 0.416 e. The van der Waals surface area contributed by atoms with Crippen molar-refractivity contribution in [3.63, 3.8) is 0 Å². The summed E-state index contributed by atoms with van der Waals surface area (Å²) in [5, 5.41) is 10.3. The number of rotatable bonds is 8. The van der Waals surface area contributed by atoms with Crippen LogP contribution >= 0.6 is 0 Å². The first kappa shape index (κ1) is 27.6. The molecule has 0 unspecified atom stereocenters. The number of para-hydroxylation sites is 1. The number of aromatic nitrogens is 1. The Kier molecular flexibility index (Phi) is 8.05. The van der Waals surface area contributed by atoms with Crippen molar-refractivity contribution in [3.8, 4) is 6.07 Å². The van der Waals surface area contributed by atoms with E-state index in [0.717, 1.165) is 43.1 Å². The summed E-state index contributed by atoms with van der Waals surface area (Å²) in [6.07, 6.45) is -5.44. The molecule has 0 aliphatic heterocycles. The van der Waals surface area contributed by atoms with E-state index in [2.05, 4.69) is 4.90 Å². The van der Waals surface area contributed by atoms with Crippen LogP contribution in [-0.4, -0.2) is 24.6 Å². The topological polar surface area (TPSA) is 43.2 Å². The third-order valence-corrected chi connectivity index (χ3v) is 6.97. The average Bonchev–Trinajstić information content (AvgIpc) is 3.38. The van der Waals surface area contributed by atoms with Gasteiger partial charge in [-0.15, -0.1) is 0 Å². The predicted octanol–water partition coefficient (Wildman–Crippen LogP) is 7.82. The van der Waals surface area contributed by atoms with Crippen molar-refractivity contribution in [1.82, 2.24) is 4.98 Å². The molecule has 1 aliphatic rings. The Morgan fingerprint density at radius 3 is 2.13 bits per heavy atom. The van der Waals surface area contributed by atoms with E-state index in [-0.39, 0.29) is 18.3 Å². The van der Waals surface area contributed by atoms with Gasteiger partial charge in [-0.05, 0) is 56.0 Å². The molecule has 0 atom stereocenters. The second kappa shape index (κ2) is 11.1. The molecule has 0 saturated heterocycles. The van der Waals surface area contributed by atoms with Crippen molar-refractivity contribution in [1.29, 1.82) is 5.26 Å². The smallest absolute Gasteiger partial charge is 0.356 e. The molecule has 1 aliphatic carbocycles. The van der Waals surface area contributed by atoms with Gasteiger partial charge in [0.2, 0.25) is 0 Å². The zero-order chi connectivity index (χ0) is 27.5. The Morgan fingerprint density at radius 2 is 1.55 bits per heavy atom. The van der Waals surface area contributed by atoms with Crippen LogP contribution in [0.25, 0.3) is 10.9 Å². The molecule has 0 N–H and O–H groups in total. The number of fused-ring (bicyclic) bond motifs is 1. The van der Waals surface area contributed by atoms with Crippen LogP contribution in [0.4, 0.5) is 37.8 Å². The summed E-state index contributed by atoms with van der Waals surface area (Å²) >= 11 is 0. The van der Waals surface area contributed by atoms with E-state index in [1.54, 1.807) is 0 Å². The van der Waals surface area contributed by atoms with Gasteiger partial charge in [-0.1, -0.05) is 31.0 Å². The molecule has 0 bridgehead atoms. The fraction of sp³-hybridized carbons (Fsp3) is 0.429. The Balaban J connectivity index is 1.80. The highest BCUT2D eigenvalue weighted by atomic mass is 19.4. The molecule has 10 heteroatoms. The van der Waals surface area contributed by atoms with E-state index >= 15 is 0 Å². The summed E-state index contributed by atoms with van der Waals surface area (Å²) in [7, 11) is 0. The molecule has 38 heavy (non-hydrogen) atoms. The van der Waals surface area contributed by atoms with Crippen molar-refractivity contribution >= 4 is 22.4 Å². The second-order valence-electron chi connectivity index (χ2n) is 9.63. The first-order valence-electron chi connectivity index (χ1n) is 12.5. The SMILES string of the molecule is CCN(CC1CCCC1)c1nc2ccccc2cc1CN(CC#N)c1cc(C(F)(F)F)cc(C(F)(F)F)c1. The number of benzene rings is 2. The minimum atomic E-state index is -4.98. The quantitative estimate of drug-likeness (QED) is 0.218. The number of alkyl halides is 6. The van der Waals surface area contributed by atoms with E-state index in [0.29, 0.717) is 36.0 Å². The highest BCUT2D eigenvalue weighted by molar-refractivity contribution is 5.82. The largest absolute Gasteiger partial charge is 0.416 e. The number of nitriles is 1. The molecule has 4 rings (SSSR count). The molecule has 2 aromatic carbocycles. The maximum absolute atomic E-state index is 13.5. The molecule has 1 heterocycles. The number of halogens is 6. The molecular weight excluding hydrogens is 506 g/mol. The van der Waals surface area contributed by atoms with Crippen LogP contribution in [0.3, 0.4) is 0 Å². The van der Waals surface area contributed by atoms with E-state index in [1.165, 1.54) is 4.90 Å². The van der Waals surface area contributed by atoms with Crippen LogP contribution in [0.2, 0.25) is 0 Å². The first-order valence-corrected chi connectivity index (χ1v) is 12.5. The summed E-state index contributed by atoms with van der Waals surface area (Å²) in [6.45, 7) is 2.90. The van der Waals surface area contributed by atoms with Gasteiger partial charge in [0.15, 0.2) is 0 Å².